The summed E-state index contributed by atoms with van der Waals surface area (Å²) in [7, 11) is -9.89. The second kappa shape index (κ2) is 57.2. The third kappa shape index (κ3) is 59.5. The Morgan fingerprint density at radius 2 is 0.600 bits per heavy atom. The molecule has 85 heavy (non-hydrogen) atoms. The van der Waals surface area contributed by atoms with Crippen LogP contribution in [0.3, 0.4) is 0 Å². The summed E-state index contributed by atoms with van der Waals surface area (Å²) in [6.45, 7) is 11.7. The Morgan fingerprint density at radius 1 is 0.341 bits per heavy atom. The van der Waals surface area contributed by atoms with Crippen molar-refractivity contribution in [1.29, 1.82) is 0 Å². The molecule has 0 rings (SSSR count). The number of esters is 4. The van der Waals surface area contributed by atoms with E-state index in [4.69, 9.17) is 37.0 Å². The molecule has 0 radical (unpaired) electrons. The van der Waals surface area contributed by atoms with Gasteiger partial charge < -0.3 is 33.8 Å². The second-order valence-electron chi connectivity index (χ2n) is 25.1. The van der Waals surface area contributed by atoms with Crippen LogP contribution in [-0.2, 0) is 65.4 Å². The van der Waals surface area contributed by atoms with Crippen LogP contribution in [0.5, 0.6) is 0 Å². The van der Waals surface area contributed by atoms with Gasteiger partial charge in [0, 0.05) is 25.7 Å². The van der Waals surface area contributed by atoms with Gasteiger partial charge in [0.15, 0.2) is 12.2 Å². The molecule has 17 nitrogen and oxygen atoms in total. The first-order valence-corrected chi connectivity index (χ1v) is 37.4. The van der Waals surface area contributed by atoms with Crippen molar-refractivity contribution in [3.05, 3.63) is 0 Å². The second-order valence-corrected chi connectivity index (χ2v) is 28.0. The summed E-state index contributed by atoms with van der Waals surface area (Å²) < 4.78 is 68.1. The number of carbonyl (C=O) groups is 4. The number of unbranched alkanes of at least 4 members (excludes halogenated alkanes) is 31. The largest absolute Gasteiger partial charge is 0.472 e. The summed E-state index contributed by atoms with van der Waals surface area (Å²) in [4.78, 5) is 72.3. The summed E-state index contributed by atoms with van der Waals surface area (Å²) >= 11 is 0. The minimum absolute atomic E-state index is 0.102. The molecule has 19 heteroatoms. The lowest BCUT2D eigenvalue weighted by atomic mass is 10.00. The van der Waals surface area contributed by atoms with Crippen LogP contribution in [-0.4, -0.2) is 96.7 Å². The van der Waals surface area contributed by atoms with Crippen molar-refractivity contribution in [2.75, 3.05) is 39.6 Å². The lowest BCUT2D eigenvalue weighted by Gasteiger charge is -2.21. The fraction of sp³-hybridized carbons (Fsp3) is 0.939. The maximum Gasteiger partial charge on any atom is 0.472 e. The maximum atomic E-state index is 13.0. The lowest BCUT2D eigenvalue weighted by molar-refractivity contribution is -0.161. The molecule has 0 bridgehead atoms. The lowest BCUT2D eigenvalue weighted by Crippen LogP contribution is -2.30. The van der Waals surface area contributed by atoms with Gasteiger partial charge in [0.05, 0.1) is 26.4 Å². The third-order valence-corrected chi connectivity index (χ3v) is 17.4. The summed E-state index contributed by atoms with van der Waals surface area (Å²) in [6.07, 6.45) is 39.1. The Hall–Kier alpha value is -1.94. The third-order valence-electron chi connectivity index (χ3n) is 15.5. The molecule has 6 atom stereocenters. The minimum Gasteiger partial charge on any atom is -0.462 e. The highest BCUT2D eigenvalue weighted by molar-refractivity contribution is 7.47. The van der Waals surface area contributed by atoms with Crippen LogP contribution in [0.1, 0.15) is 325 Å². The van der Waals surface area contributed by atoms with Crippen molar-refractivity contribution in [3.63, 3.8) is 0 Å². The van der Waals surface area contributed by atoms with Crippen LogP contribution in [0.15, 0.2) is 0 Å². The SMILES string of the molecule is CCCCCCCCCCCCCCCCC(=O)O[C@H](COC(=O)CCCCCCCCCCC(C)C)COP(=O)(O)OC[C@@H](O)COP(=O)(O)OC[C@@H](COC(=O)CCCCCCCCC(C)CC)OC(=O)CCCCCCCCCC(C)C. The van der Waals surface area contributed by atoms with Gasteiger partial charge >= 0.3 is 39.5 Å². The van der Waals surface area contributed by atoms with E-state index in [0.717, 1.165) is 108 Å². The van der Waals surface area contributed by atoms with Gasteiger partial charge in [-0.1, -0.05) is 273 Å². The fourth-order valence-corrected chi connectivity index (χ4v) is 11.4. The van der Waals surface area contributed by atoms with Gasteiger partial charge in [-0.05, 0) is 43.4 Å². The molecule has 0 spiro atoms. The van der Waals surface area contributed by atoms with Crippen LogP contribution in [0.2, 0.25) is 0 Å². The van der Waals surface area contributed by atoms with E-state index in [2.05, 4.69) is 48.5 Å². The molecule has 0 heterocycles. The van der Waals surface area contributed by atoms with E-state index < -0.39 is 97.5 Å². The highest BCUT2D eigenvalue weighted by Crippen LogP contribution is 2.45. The molecule has 0 aliphatic rings. The molecule has 0 aromatic carbocycles. The first kappa shape index (κ1) is 83.1. The van der Waals surface area contributed by atoms with E-state index in [9.17, 15) is 43.2 Å². The summed E-state index contributed by atoms with van der Waals surface area (Å²) in [5.41, 5.74) is 0. The standard InChI is InChI=1S/C66H128O17P2/c1-8-10-11-12-13-14-15-16-17-18-19-26-35-42-49-65(70)82-61(53-76-63(68)47-40-33-25-21-20-23-30-37-44-57(3)4)55-80-84(72,73)78-51-60(67)52-79-85(74,75)81-56-62(83-66(71)50-43-36-27-22-24-31-38-45-58(5)6)54-77-64(69)48-41-34-29-28-32-39-46-59(7)9-2/h57-62,67H,8-56H2,1-7H3,(H,72,73)(H,74,75)/t59?,60-,61-,62-/m1/s1. The molecule has 3 N–H and O–H groups in total. The van der Waals surface area contributed by atoms with Gasteiger partial charge in [0.1, 0.15) is 19.3 Å². The number of phosphoric ester groups is 2. The Kier molecular flexibility index (Phi) is 55.9. The van der Waals surface area contributed by atoms with E-state index in [1.54, 1.807) is 0 Å². The van der Waals surface area contributed by atoms with Crippen LogP contribution in [0.4, 0.5) is 0 Å². The molecule has 0 fully saturated rings. The van der Waals surface area contributed by atoms with Gasteiger partial charge in [-0.2, -0.15) is 0 Å². The molecule has 0 saturated carbocycles. The highest BCUT2D eigenvalue weighted by atomic mass is 31.2. The Bertz CT molecular complexity index is 1680. The number of ether oxygens (including phenoxy) is 4. The normalized spacial score (nSPS) is 14.6. The van der Waals surface area contributed by atoms with E-state index >= 15 is 0 Å². The Balaban J connectivity index is 5.25. The molecule has 504 valence electrons. The number of hydrogen-bond donors (Lipinski definition) is 3. The Labute approximate surface area is 517 Å². The molecular weight excluding hydrogens is 1130 g/mol. The summed E-state index contributed by atoms with van der Waals surface area (Å²) in [5, 5.41) is 10.5. The number of aliphatic hydroxyl groups is 1. The average molecular weight is 1260 g/mol. The van der Waals surface area contributed by atoms with Crippen molar-refractivity contribution in [3.8, 4) is 0 Å². The minimum atomic E-state index is -4.95. The van der Waals surface area contributed by atoms with E-state index in [1.807, 2.05) is 0 Å². The van der Waals surface area contributed by atoms with Gasteiger partial charge in [-0.15, -0.1) is 0 Å². The quantitative estimate of drug-likeness (QED) is 0.0222. The van der Waals surface area contributed by atoms with Crippen LogP contribution < -0.4 is 0 Å². The van der Waals surface area contributed by atoms with E-state index in [1.165, 1.54) is 128 Å². The molecule has 0 aliphatic heterocycles. The number of hydrogen-bond acceptors (Lipinski definition) is 15. The van der Waals surface area contributed by atoms with E-state index in [0.29, 0.717) is 31.6 Å². The molecule has 3 unspecified atom stereocenters. The first-order valence-electron chi connectivity index (χ1n) is 34.4. The number of aliphatic hydroxyl groups excluding tert-OH is 1. The molecule has 0 saturated heterocycles. The van der Waals surface area contributed by atoms with Crippen LogP contribution in [0, 0.1) is 17.8 Å². The molecule has 0 aliphatic carbocycles. The number of carbonyl (C=O) groups excluding carboxylic acids is 4. The number of phosphoric acid groups is 2. The van der Waals surface area contributed by atoms with Gasteiger partial charge in [0.25, 0.3) is 0 Å². The summed E-state index contributed by atoms with van der Waals surface area (Å²) in [6, 6.07) is 0. The van der Waals surface area contributed by atoms with Crippen molar-refractivity contribution >= 4 is 39.5 Å². The molecule has 0 aromatic heterocycles. The van der Waals surface area contributed by atoms with Crippen molar-refractivity contribution in [1.82, 2.24) is 0 Å². The van der Waals surface area contributed by atoms with Crippen LogP contribution >= 0.6 is 15.6 Å². The fourth-order valence-electron chi connectivity index (χ4n) is 9.80. The van der Waals surface area contributed by atoms with Gasteiger partial charge in [-0.3, -0.25) is 37.3 Å². The van der Waals surface area contributed by atoms with Crippen LogP contribution in [0.25, 0.3) is 0 Å². The first-order chi connectivity index (χ1) is 40.8. The van der Waals surface area contributed by atoms with Gasteiger partial charge in [0.2, 0.25) is 0 Å². The predicted octanol–water partition coefficient (Wildman–Crippen LogP) is 18.3. The molecule has 0 aromatic rings. The topological polar surface area (TPSA) is 237 Å². The van der Waals surface area contributed by atoms with Crippen molar-refractivity contribution < 1.29 is 80.2 Å². The summed E-state index contributed by atoms with van der Waals surface area (Å²) in [5.74, 6) is 0.0180. The average Bonchev–Trinajstić information content (AvgIpc) is 3.49. The zero-order valence-corrected chi connectivity index (χ0v) is 56.9. The van der Waals surface area contributed by atoms with E-state index in [-0.39, 0.29) is 25.7 Å². The maximum absolute atomic E-state index is 13.0. The smallest absolute Gasteiger partial charge is 0.462 e. The predicted molar refractivity (Wildman–Crippen MR) is 340 cm³/mol. The monoisotopic (exact) mass is 1250 g/mol. The van der Waals surface area contributed by atoms with Crippen molar-refractivity contribution in [2.45, 2.75) is 343 Å². The van der Waals surface area contributed by atoms with Crippen molar-refractivity contribution in [2.24, 2.45) is 17.8 Å². The number of rotatable bonds is 64. The molecular formula is C66H128O17P2. The highest BCUT2D eigenvalue weighted by Gasteiger charge is 2.30. The Morgan fingerprint density at radius 3 is 0.894 bits per heavy atom. The van der Waals surface area contributed by atoms with Gasteiger partial charge in [-0.25, -0.2) is 9.13 Å². The molecule has 0 amide bonds. The zero-order chi connectivity index (χ0) is 63.1. The zero-order valence-electron chi connectivity index (χ0n) is 55.1.